The number of nitrogens with two attached hydrogens (primary N) is 1. The van der Waals surface area contributed by atoms with Crippen LogP contribution in [0.25, 0.3) is 0 Å². The highest BCUT2D eigenvalue weighted by Crippen LogP contribution is 2.08. The van der Waals surface area contributed by atoms with Crippen LogP contribution in [-0.4, -0.2) is 18.0 Å². The summed E-state index contributed by atoms with van der Waals surface area (Å²) in [6.07, 6.45) is 0.270. The molecular weight excluding hydrogens is 330 g/mol. The second kappa shape index (κ2) is 9.73. The van der Waals surface area contributed by atoms with Gasteiger partial charge in [0.1, 0.15) is 19.3 Å². The van der Waals surface area contributed by atoms with Crippen LogP contribution in [0.5, 0.6) is 0 Å². The van der Waals surface area contributed by atoms with Crippen molar-refractivity contribution in [3.63, 3.8) is 0 Å². The predicted octanol–water partition coefficient (Wildman–Crippen LogP) is 3.20. The van der Waals surface area contributed by atoms with Gasteiger partial charge >= 0.3 is 11.9 Å². The van der Waals surface area contributed by atoms with Crippen LogP contribution in [0.3, 0.4) is 0 Å². The van der Waals surface area contributed by atoms with Gasteiger partial charge in [0.2, 0.25) is 0 Å². The van der Waals surface area contributed by atoms with E-state index < -0.39 is 12.0 Å². The second-order valence-electron chi connectivity index (χ2n) is 6.38. The number of hydrogen-bond acceptors (Lipinski definition) is 5. The molecule has 2 N–H and O–H groups in total. The van der Waals surface area contributed by atoms with Crippen molar-refractivity contribution in [2.75, 3.05) is 0 Å². The first-order chi connectivity index (χ1) is 12.4. The lowest BCUT2D eigenvalue weighted by Gasteiger charge is -2.11. The van der Waals surface area contributed by atoms with E-state index in [1.807, 2.05) is 62.4 Å². The van der Waals surface area contributed by atoms with Gasteiger partial charge in [0.15, 0.2) is 0 Å². The molecule has 0 radical (unpaired) electrons. The Morgan fingerprint density at radius 2 is 1.31 bits per heavy atom. The number of carbonyl (C=O) groups is 2. The van der Waals surface area contributed by atoms with Crippen LogP contribution < -0.4 is 5.73 Å². The molecule has 5 nitrogen and oxygen atoms in total. The van der Waals surface area contributed by atoms with E-state index in [0.29, 0.717) is 0 Å². The molecule has 0 spiro atoms. The summed E-state index contributed by atoms with van der Waals surface area (Å²) in [4.78, 5) is 23.7. The maximum atomic E-state index is 11.9. The standard InChI is InChI=1S/C21H25NO4/c1-15-3-7-17(8-4-15)13-25-20(23)12-11-19(22)21(24)26-14-18-9-5-16(2)6-10-18/h3-10,19H,11-14,22H2,1-2H3/t19-/m0/s1. The van der Waals surface area contributed by atoms with Crippen LogP contribution >= 0.6 is 0 Å². The van der Waals surface area contributed by atoms with Crippen molar-refractivity contribution in [2.45, 2.75) is 45.9 Å². The molecule has 0 fully saturated rings. The Morgan fingerprint density at radius 3 is 1.81 bits per heavy atom. The van der Waals surface area contributed by atoms with Gasteiger partial charge in [0.25, 0.3) is 0 Å². The molecule has 0 saturated heterocycles. The van der Waals surface area contributed by atoms with Crippen LogP contribution in [0.15, 0.2) is 48.5 Å². The average molecular weight is 355 g/mol. The summed E-state index contributed by atoms with van der Waals surface area (Å²) in [5.41, 5.74) is 9.90. The predicted molar refractivity (Wildman–Crippen MR) is 99.2 cm³/mol. The van der Waals surface area contributed by atoms with Gasteiger partial charge < -0.3 is 15.2 Å². The lowest BCUT2D eigenvalue weighted by atomic mass is 10.1. The molecule has 0 aliphatic carbocycles. The smallest absolute Gasteiger partial charge is 0.323 e. The van der Waals surface area contributed by atoms with E-state index in [4.69, 9.17) is 15.2 Å². The summed E-state index contributed by atoms with van der Waals surface area (Å²) in [7, 11) is 0. The summed E-state index contributed by atoms with van der Waals surface area (Å²) in [6, 6.07) is 14.6. The Kier molecular flexibility index (Phi) is 7.36. The van der Waals surface area contributed by atoms with Gasteiger partial charge in [-0.2, -0.15) is 0 Å². The van der Waals surface area contributed by atoms with Crippen molar-refractivity contribution in [1.82, 2.24) is 0 Å². The number of rotatable bonds is 8. The molecule has 0 bridgehead atoms. The summed E-state index contributed by atoms with van der Waals surface area (Å²) in [6.45, 7) is 4.37. The Bertz CT molecular complexity index is 723. The zero-order valence-corrected chi connectivity index (χ0v) is 15.2. The minimum absolute atomic E-state index is 0.0761. The molecule has 2 aromatic rings. The zero-order chi connectivity index (χ0) is 18.9. The molecule has 0 unspecified atom stereocenters. The molecule has 2 aromatic carbocycles. The quantitative estimate of drug-likeness (QED) is 0.736. The number of aryl methyl sites for hydroxylation is 2. The molecule has 0 amide bonds. The van der Waals surface area contributed by atoms with E-state index in [1.54, 1.807) is 0 Å². The number of ether oxygens (including phenoxy) is 2. The molecule has 138 valence electrons. The minimum atomic E-state index is -0.840. The highest BCUT2D eigenvalue weighted by atomic mass is 16.5. The fourth-order valence-corrected chi connectivity index (χ4v) is 2.26. The highest BCUT2D eigenvalue weighted by molar-refractivity contribution is 5.77. The highest BCUT2D eigenvalue weighted by Gasteiger charge is 2.17. The van der Waals surface area contributed by atoms with Gasteiger partial charge in [-0.15, -0.1) is 0 Å². The first kappa shape index (κ1) is 19.7. The van der Waals surface area contributed by atoms with Crippen molar-refractivity contribution in [1.29, 1.82) is 0 Å². The van der Waals surface area contributed by atoms with Gasteiger partial charge in [-0.05, 0) is 31.4 Å². The maximum absolute atomic E-state index is 11.9. The normalized spacial score (nSPS) is 11.7. The molecule has 5 heteroatoms. The molecule has 0 saturated carbocycles. The Hall–Kier alpha value is -2.66. The van der Waals surface area contributed by atoms with E-state index >= 15 is 0 Å². The second-order valence-corrected chi connectivity index (χ2v) is 6.38. The molecule has 0 heterocycles. The van der Waals surface area contributed by atoms with Gasteiger partial charge in [0.05, 0.1) is 0 Å². The zero-order valence-electron chi connectivity index (χ0n) is 15.2. The molecule has 0 aliphatic rings. The Morgan fingerprint density at radius 1 is 0.846 bits per heavy atom. The van der Waals surface area contributed by atoms with E-state index in [2.05, 4.69) is 0 Å². The SMILES string of the molecule is Cc1ccc(COC(=O)CC[C@H](N)C(=O)OCc2ccc(C)cc2)cc1. The largest absolute Gasteiger partial charge is 0.461 e. The maximum Gasteiger partial charge on any atom is 0.323 e. The summed E-state index contributed by atoms with van der Waals surface area (Å²) < 4.78 is 10.4. The summed E-state index contributed by atoms with van der Waals surface area (Å²) in [5.74, 6) is -0.899. The molecule has 1 atom stereocenters. The van der Waals surface area contributed by atoms with Crippen LogP contribution in [0, 0.1) is 13.8 Å². The molecule has 0 aromatic heterocycles. The van der Waals surface area contributed by atoms with Gasteiger partial charge in [-0.3, -0.25) is 9.59 Å². The number of hydrogen-bond donors (Lipinski definition) is 1. The monoisotopic (exact) mass is 355 g/mol. The number of benzene rings is 2. The van der Waals surface area contributed by atoms with Crippen molar-refractivity contribution in [3.05, 3.63) is 70.8 Å². The summed E-state index contributed by atoms with van der Waals surface area (Å²) in [5, 5.41) is 0. The lowest BCUT2D eigenvalue weighted by Crippen LogP contribution is -2.32. The van der Waals surface area contributed by atoms with E-state index in [-0.39, 0.29) is 32.0 Å². The molecule has 0 aliphatic heterocycles. The van der Waals surface area contributed by atoms with Gasteiger partial charge in [-0.25, -0.2) is 0 Å². The molecule has 2 rings (SSSR count). The van der Waals surface area contributed by atoms with Gasteiger partial charge in [0, 0.05) is 6.42 Å². The molecule has 26 heavy (non-hydrogen) atoms. The van der Waals surface area contributed by atoms with Crippen LogP contribution in [0.2, 0.25) is 0 Å². The topological polar surface area (TPSA) is 78.6 Å². The Labute approximate surface area is 154 Å². The van der Waals surface area contributed by atoms with Crippen molar-refractivity contribution in [2.24, 2.45) is 5.73 Å². The van der Waals surface area contributed by atoms with Crippen molar-refractivity contribution < 1.29 is 19.1 Å². The fourth-order valence-electron chi connectivity index (χ4n) is 2.26. The lowest BCUT2D eigenvalue weighted by molar-refractivity contribution is -0.148. The number of carbonyl (C=O) groups excluding carboxylic acids is 2. The van der Waals surface area contributed by atoms with E-state index in [1.165, 1.54) is 0 Å². The van der Waals surface area contributed by atoms with Crippen molar-refractivity contribution >= 4 is 11.9 Å². The first-order valence-electron chi connectivity index (χ1n) is 8.63. The number of esters is 2. The minimum Gasteiger partial charge on any atom is -0.461 e. The van der Waals surface area contributed by atoms with Crippen LogP contribution in [-0.2, 0) is 32.3 Å². The third-order valence-electron chi connectivity index (χ3n) is 3.98. The van der Waals surface area contributed by atoms with Crippen LogP contribution in [0.1, 0.15) is 35.1 Å². The van der Waals surface area contributed by atoms with E-state index in [0.717, 1.165) is 22.3 Å². The van der Waals surface area contributed by atoms with Crippen molar-refractivity contribution in [3.8, 4) is 0 Å². The average Bonchev–Trinajstić information content (AvgIpc) is 2.65. The Balaban J connectivity index is 1.67. The molecular formula is C21H25NO4. The third-order valence-corrected chi connectivity index (χ3v) is 3.98. The van der Waals surface area contributed by atoms with E-state index in [9.17, 15) is 9.59 Å². The van der Waals surface area contributed by atoms with Gasteiger partial charge in [-0.1, -0.05) is 59.7 Å². The third kappa shape index (κ3) is 6.69. The summed E-state index contributed by atoms with van der Waals surface area (Å²) >= 11 is 0. The fraction of sp³-hybridized carbons (Fsp3) is 0.333. The van der Waals surface area contributed by atoms with Crippen LogP contribution in [0.4, 0.5) is 0 Å². The first-order valence-corrected chi connectivity index (χ1v) is 8.63.